The van der Waals surface area contributed by atoms with Crippen LogP contribution >= 0.6 is 23.2 Å². The van der Waals surface area contributed by atoms with E-state index in [0.29, 0.717) is 28.6 Å². The first-order valence-electron chi connectivity index (χ1n) is 9.69. The Balaban J connectivity index is 1.52. The summed E-state index contributed by atoms with van der Waals surface area (Å²) in [5, 5.41) is 3.65. The predicted molar refractivity (Wildman–Crippen MR) is 119 cm³/mol. The molecule has 1 aliphatic heterocycles. The number of piperidine rings is 1. The number of hydrogen-bond acceptors (Lipinski definition) is 5. The third kappa shape index (κ3) is 5.98. The molecule has 1 unspecified atom stereocenters. The number of esters is 1. The van der Waals surface area contributed by atoms with E-state index in [0.717, 1.165) is 0 Å². The summed E-state index contributed by atoms with van der Waals surface area (Å²) in [6, 6.07) is 12.5. The minimum atomic E-state index is -3.65. The van der Waals surface area contributed by atoms with Crippen molar-refractivity contribution in [3.05, 3.63) is 58.6 Å². The van der Waals surface area contributed by atoms with Crippen molar-refractivity contribution in [1.29, 1.82) is 0 Å². The van der Waals surface area contributed by atoms with Crippen LogP contribution in [0.2, 0.25) is 10.0 Å². The van der Waals surface area contributed by atoms with Crippen LogP contribution in [0.25, 0.3) is 0 Å². The average Bonchev–Trinajstić information content (AvgIpc) is 2.75. The maximum absolute atomic E-state index is 12.7. The highest BCUT2D eigenvalue weighted by atomic mass is 35.5. The number of nitrogens with zero attached hydrogens (tertiary/aromatic N) is 1. The SMILES string of the molecule is CC(OC(=O)C1CCN(S(=O)(=O)c2ccc(Cl)cc2)CC1)C(=O)Nc1ccc(Cl)cc1. The first kappa shape index (κ1) is 23.5. The van der Waals surface area contributed by atoms with Gasteiger partial charge in [-0.3, -0.25) is 9.59 Å². The second-order valence-electron chi connectivity index (χ2n) is 7.21. The summed E-state index contributed by atoms with van der Waals surface area (Å²) in [6.07, 6.45) is -0.354. The molecule has 0 aliphatic carbocycles. The minimum absolute atomic E-state index is 0.158. The number of sulfonamides is 1. The van der Waals surface area contributed by atoms with Crippen molar-refractivity contribution in [3.8, 4) is 0 Å². The smallest absolute Gasteiger partial charge is 0.309 e. The molecule has 0 spiro atoms. The number of nitrogens with one attached hydrogen (secondary N) is 1. The van der Waals surface area contributed by atoms with Gasteiger partial charge in [-0.25, -0.2) is 8.42 Å². The average molecular weight is 485 g/mol. The lowest BCUT2D eigenvalue weighted by atomic mass is 9.98. The zero-order chi connectivity index (χ0) is 22.6. The number of halogens is 2. The van der Waals surface area contributed by atoms with Crippen LogP contribution in [0.3, 0.4) is 0 Å². The van der Waals surface area contributed by atoms with Gasteiger partial charge >= 0.3 is 5.97 Å². The third-order valence-corrected chi connectivity index (χ3v) is 7.43. The molecule has 1 heterocycles. The van der Waals surface area contributed by atoms with E-state index in [9.17, 15) is 18.0 Å². The fourth-order valence-electron chi connectivity index (χ4n) is 3.19. The molecule has 166 valence electrons. The van der Waals surface area contributed by atoms with E-state index in [-0.39, 0.29) is 18.0 Å². The summed E-state index contributed by atoms with van der Waals surface area (Å²) in [7, 11) is -3.65. The molecule has 7 nitrogen and oxygen atoms in total. The summed E-state index contributed by atoms with van der Waals surface area (Å²) in [6.45, 7) is 1.87. The molecule has 1 fully saturated rings. The Kier molecular flexibility index (Phi) is 7.59. The largest absolute Gasteiger partial charge is 0.452 e. The van der Waals surface area contributed by atoms with E-state index in [1.807, 2.05) is 0 Å². The lowest BCUT2D eigenvalue weighted by Gasteiger charge is -2.30. The van der Waals surface area contributed by atoms with Gasteiger partial charge in [-0.15, -0.1) is 0 Å². The fraction of sp³-hybridized carbons (Fsp3) is 0.333. The molecule has 10 heteroatoms. The molecule has 0 aromatic heterocycles. The zero-order valence-electron chi connectivity index (χ0n) is 16.8. The topological polar surface area (TPSA) is 92.8 Å². The lowest BCUT2D eigenvalue weighted by Crippen LogP contribution is -2.41. The molecule has 3 rings (SSSR count). The van der Waals surface area contributed by atoms with Crippen molar-refractivity contribution in [2.45, 2.75) is 30.8 Å². The van der Waals surface area contributed by atoms with Gasteiger partial charge in [0.05, 0.1) is 10.8 Å². The molecule has 2 aromatic carbocycles. The second-order valence-corrected chi connectivity index (χ2v) is 10.0. The molecule has 0 radical (unpaired) electrons. The van der Waals surface area contributed by atoms with Gasteiger partial charge in [-0.1, -0.05) is 23.2 Å². The van der Waals surface area contributed by atoms with Crippen LogP contribution in [0.15, 0.2) is 53.4 Å². The number of rotatable bonds is 6. The van der Waals surface area contributed by atoms with E-state index < -0.39 is 33.9 Å². The maximum atomic E-state index is 12.7. The molecular formula is C21H22Cl2N2O5S. The van der Waals surface area contributed by atoms with Crippen molar-refractivity contribution < 1.29 is 22.7 Å². The Morgan fingerprint density at radius 1 is 1.00 bits per heavy atom. The van der Waals surface area contributed by atoms with E-state index in [1.165, 1.54) is 35.5 Å². The van der Waals surface area contributed by atoms with Crippen LogP contribution < -0.4 is 5.32 Å². The Bertz CT molecular complexity index is 1030. The molecule has 1 saturated heterocycles. The highest BCUT2D eigenvalue weighted by Crippen LogP contribution is 2.26. The normalized spacial score (nSPS) is 16.5. The number of hydrogen-bond donors (Lipinski definition) is 1. The number of carbonyl (C=O) groups excluding carboxylic acids is 2. The molecule has 1 amide bonds. The van der Waals surface area contributed by atoms with Crippen molar-refractivity contribution in [3.63, 3.8) is 0 Å². The van der Waals surface area contributed by atoms with E-state index in [4.69, 9.17) is 27.9 Å². The highest BCUT2D eigenvalue weighted by Gasteiger charge is 2.34. The van der Waals surface area contributed by atoms with Crippen LogP contribution in [-0.2, 0) is 24.3 Å². The third-order valence-electron chi connectivity index (χ3n) is 5.01. The van der Waals surface area contributed by atoms with E-state index in [2.05, 4.69) is 5.32 Å². The Hall–Kier alpha value is -2.13. The number of ether oxygens (including phenoxy) is 1. The van der Waals surface area contributed by atoms with Crippen LogP contribution in [0, 0.1) is 5.92 Å². The van der Waals surface area contributed by atoms with Gasteiger partial charge in [-0.05, 0) is 68.3 Å². The maximum Gasteiger partial charge on any atom is 0.309 e. The first-order chi connectivity index (χ1) is 14.7. The first-order valence-corrected chi connectivity index (χ1v) is 11.9. The van der Waals surface area contributed by atoms with E-state index in [1.54, 1.807) is 24.3 Å². The second kappa shape index (κ2) is 9.99. The molecule has 1 N–H and O–H groups in total. The Labute approximate surface area is 191 Å². The summed E-state index contributed by atoms with van der Waals surface area (Å²) in [5.74, 6) is -1.44. The van der Waals surface area contributed by atoms with Crippen LogP contribution in [-0.4, -0.2) is 43.8 Å². The number of carbonyl (C=O) groups is 2. The van der Waals surface area contributed by atoms with Crippen LogP contribution in [0.5, 0.6) is 0 Å². The number of anilines is 1. The minimum Gasteiger partial charge on any atom is -0.452 e. The van der Waals surface area contributed by atoms with Crippen molar-refractivity contribution >= 4 is 50.8 Å². The predicted octanol–water partition coefficient (Wildman–Crippen LogP) is 3.96. The van der Waals surface area contributed by atoms with Gasteiger partial charge in [0.15, 0.2) is 6.10 Å². The molecule has 0 bridgehead atoms. The summed E-state index contributed by atoms with van der Waals surface area (Å²) in [5.41, 5.74) is 0.540. The van der Waals surface area contributed by atoms with Gasteiger partial charge in [0.1, 0.15) is 0 Å². The fourth-order valence-corrected chi connectivity index (χ4v) is 4.91. The molecular weight excluding hydrogens is 463 g/mol. The lowest BCUT2D eigenvalue weighted by molar-refractivity contribution is -0.158. The standard InChI is InChI=1S/C21H22Cl2N2O5S/c1-14(20(26)24-18-6-2-16(22)3-7-18)30-21(27)15-10-12-25(13-11-15)31(28,29)19-8-4-17(23)5-9-19/h2-9,14-15H,10-13H2,1H3,(H,24,26). The molecule has 2 aromatic rings. The van der Waals surface area contributed by atoms with Gasteiger partial charge in [-0.2, -0.15) is 4.31 Å². The van der Waals surface area contributed by atoms with Crippen molar-refractivity contribution in [1.82, 2.24) is 4.31 Å². The van der Waals surface area contributed by atoms with E-state index >= 15 is 0 Å². The summed E-state index contributed by atoms with van der Waals surface area (Å²) >= 11 is 11.6. The number of benzene rings is 2. The molecule has 1 atom stereocenters. The summed E-state index contributed by atoms with van der Waals surface area (Å²) < 4.78 is 32.1. The van der Waals surface area contributed by atoms with Crippen LogP contribution in [0.4, 0.5) is 5.69 Å². The van der Waals surface area contributed by atoms with Gasteiger partial charge < -0.3 is 10.1 Å². The van der Waals surface area contributed by atoms with Crippen LogP contribution in [0.1, 0.15) is 19.8 Å². The van der Waals surface area contributed by atoms with Gasteiger partial charge in [0.25, 0.3) is 5.91 Å². The molecule has 1 aliphatic rings. The quantitative estimate of drug-likeness (QED) is 0.626. The van der Waals surface area contributed by atoms with Crippen molar-refractivity contribution in [2.24, 2.45) is 5.92 Å². The molecule has 31 heavy (non-hydrogen) atoms. The Morgan fingerprint density at radius 3 is 2.06 bits per heavy atom. The number of amides is 1. The Morgan fingerprint density at radius 2 is 1.52 bits per heavy atom. The summed E-state index contributed by atoms with van der Waals surface area (Å²) in [4.78, 5) is 24.9. The van der Waals surface area contributed by atoms with Crippen molar-refractivity contribution in [2.75, 3.05) is 18.4 Å². The van der Waals surface area contributed by atoms with Gasteiger partial charge in [0, 0.05) is 28.8 Å². The molecule has 0 saturated carbocycles. The van der Waals surface area contributed by atoms with Gasteiger partial charge in [0.2, 0.25) is 10.0 Å². The monoisotopic (exact) mass is 484 g/mol. The zero-order valence-corrected chi connectivity index (χ0v) is 19.1. The highest BCUT2D eigenvalue weighted by molar-refractivity contribution is 7.89.